The number of likely N-dealkylation sites (tertiary alicyclic amines) is 1. The standard InChI is InChI=1S/C24H28Cl2N4O3/c1-15-13-29(14-16(2)33-15)22-9-6-17(12-27-22)24(32)30-10-4-3-5-21(30)23(31)28-20-8-7-18(25)11-19(20)26/h6-9,11-12,15-16,21H,3-5,10,13-14H2,1-2H3,(H,28,31). The van der Waals surface area contributed by atoms with Crippen LogP contribution < -0.4 is 10.2 Å². The van der Waals surface area contributed by atoms with Crippen LogP contribution in [0.4, 0.5) is 11.5 Å². The molecule has 1 aromatic carbocycles. The van der Waals surface area contributed by atoms with E-state index >= 15 is 0 Å². The summed E-state index contributed by atoms with van der Waals surface area (Å²) in [6.45, 7) is 6.11. The number of halogens is 2. The molecule has 3 unspecified atom stereocenters. The third-order valence-electron chi connectivity index (χ3n) is 5.99. The Kier molecular flexibility index (Phi) is 7.41. The molecular weight excluding hydrogens is 463 g/mol. The van der Waals surface area contributed by atoms with Gasteiger partial charge in [0.25, 0.3) is 5.91 Å². The Hall–Kier alpha value is -2.35. The lowest BCUT2D eigenvalue weighted by atomic mass is 10.00. The number of carbonyl (C=O) groups excluding carboxylic acids is 2. The third-order valence-corrected chi connectivity index (χ3v) is 6.54. The predicted molar refractivity (Wildman–Crippen MR) is 130 cm³/mol. The van der Waals surface area contributed by atoms with Crippen LogP contribution in [0.5, 0.6) is 0 Å². The van der Waals surface area contributed by atoms with Gasteiger partial charge in [0.2, 0.25) is 5.91 Å². The van der Waals surface area contributed by atoms with Gasteiger partial charge in [-0.3, -0.25) is 9.59 Å². The van der Waals surface area contributed by atoms with E-state index in [1.807, 2.05) is 19.9 Å². The lowest BCUT2D eigenvalue weighted by Gasteiger charge is -2.36. The normalized spacial score (nSPS) is 23.3. The van der Waals surface area contributed by atoms with Gasteiger partial charge < -0.3 is 19.9 Å². The van der Waals surface area contributed by atoms with Gasteiger partial charge in [0.15, 0.2) is 0 Å². The molecule has 0 saturated carbocycles. The quantitative estimate of drug-likeness (QED) is 0.675. The molecule has 2 aliphatic rings. The number of rotatable bonds is 4. The average molecular weight is 491 g/mol. The first-order chi connectivity index (χ1) is 15.8. The van der Waals surface area contributed by atoms with Crippen LogP contribution in [-0.4, -0.2) is 59.6 Å². The van der Waals surface area contributed by atoms with E-state index in [0.717, 1.165) is 31.7 Å². The molecule has 0 spiro atoms. The van der Waals surface area contributed by atoms with E-state index in [1.165, 1.54) is 0 Å². The number of anilines is 2. The zero-order valence-corrected chi connectivity index (χ0v) is 20.3. The maximum atomic E-state index is 13.3. The van der Waals surface area contributed by atoms with Gasteiger partial charge in [-0.15, -0.1) is 0 Å². The van der Waals surface area contributed by atoms with Crippen LogP contribution in [0, 0.1) is 0 Å². The summed E-state index contributed by atoms with van der Waals surface area (Å²) >= 11 is 12.1. The Labute approximate surface area is 204 Å². The van der Waals surface area contributed by atoms with E-state index in [9.17, 15) is 9.59 Å². The number of aromatic nitrogens is 1. The predicted octanol–water partition coefficient (Wildman–Crippen LogP) is 4.64. The molecule has 1 N–H and O–H groups in total. The Morgan fingerprint density at radius 1 is 1.09 bits per heavy atom. The zero-order valence-electron chi connectivity index (χ0n) is 18.8. The molecule has 2 fully saturated rings. The smallest absolute Gasteiger partial charge is 0.256 e. The maximum Gasteiger partial charge on any atom is 0.256 e. The van der Waals surface area contributed by atoms with Crippen molar-refractivity contribution in [2.75, 3.05) is 29.9 Å². The summed E-state index contributed by atoms with van der Waals surface area (Å²) in [5.74, 6) is 0.367. The highest BCUT2D eigenvalue weighted by atomic mass is 35.5. The Balaban J connectivity index is 1.47. The summed E-state index contributed by atoms with van der Waals surface area (Å²) in [6, 6.07) is 7.98. The molecule has 2 amide bonds. The lowest BCUT2D eigenvalue weighted by Crippen LogP contribution is -2.50. The Morgan fingerprint density at radius 3 is 2.52 bits per heavy atom. The number of carbonyl (C=O) groups is 2. The SMILES string of the molecule is CC1CN(c2ccc(C(=O)N3CCCCC3C(=O)Nc3ccc(Cl)cc3Cl)cn2)CC(C)O1. The topological polar surface area (TPSA) is 74.8 Å². The molecule has 3 heterocycles. The highest BCUT2D eigenvalue weighted by Gasteiger charge is 2.33. The summed E-state index contributed by atoms with van der Waals surface area (Å²) in [5.41, 5.74) is 0.946. The van der Waals surface area contributed by atoms with E-state index in [4.69, 9.17) is 27.9 Å². The first-order valence-corrected chi connectivity index (χ1v) is 12.0. The summed E-state index contributed by atoms with van der Waals surface area (Å²) in [6.07, 6.45) is 4.17. The van der Waals surface area contributed by atoms with Crippen molar-refractivity contribution in [1.82, 2.24) is 9.88 Å². The van der Waals surface area contributed by atoms with Crippen molar-refractivity contribution in [3.8, 4) is 0 Å². The van der Waals surface area contributed by atoms with Crippen molar-refractivity contribution in [2.24, 2.45) is 0 Å². The van der Waals surface area contributed by atoms with E-state index < -0.39 is 6.04 Å². The fraction of sp³-hybridized carbons (Fsp3) is 0.458. The van der Waals surface area contributed by atoms with Crippen LogP contribution >= 0.6 is 23.2 Å². The van der Waals surface area contributed by atoms with Crippen LogP contribution in [0.15, 0.2) is 36.5 Å². The molecule has 2 aliphatic heterocycles. The second-order valence-corrected chi connectivity index (χ2v) is 9.53. The molecule has 7 nitrogen and oxygen atoms in total. The second-order valence-electron chi connectivity index (χ2n) is 8.69. The molecule has 0 radical (unpaired) electrons. The number of benzene rings is 1. The fourth-order valence-corrected chi connectivity index (χ4v) is 4.94. The van der Waals surface area contributed by atoms with Crippen LogP contribution in [0.25, 0.3) is 0 Å². The first-order valence-electron chi connectivity index (χ1n) is 11.2. The summed E-state index contributed by atoms with van der Waals surface area (Å²) in [5, 5.41) is 3.69. The first kappa shape index (κ1) is 23.8. The van der Waals surface area contributed by atoms with E-state index in [1.54, 1.807) is 35.4 Å². The van der Waals surface area contributed by atoms with Gasteiger partial charge in [0.1, 0.15) is 11.9 Å². The summed E-state index contributed by atoms with van der Waals surface area (Å²) < 4.78 is 5.79. The molecule has 2 aromatic rings. The minimum atomic E-state index is -0.571. The molecule has 0 aliphatic carbocycles. The van der Waals surface area contributed by atoms with Crippen LogP contribution in [-0.2, 0) is 9.53 Å². The molecule has 4 rings (SSSR count). The van der Waals surface area contributed by atoms with Crippen LogP contribution in [0.2, 0.25) is 10.0 Å². The van der Waals surface area contributed by atoms with Crippen LogP contribution in [0.3, 0.4) is 0 Å². The average Bonchev–Trinajstić information content (AvgIpc) is 2.80. The van der Waals surface area contributed by atoms with Crippen molar-refractivity contribution in [3.05, 3.63) is 52.1 Å². The van der Waals surface area contributed by atoms with E-state index in [0.29, 0.717) is 34.3 Å². The number of morpholine rings is 1. The number of nitrogens with one attached hydrogen (secondary N) is 1. The second kappa shape index (κ2) is 10.3. The van der Waals surface area contributed by atoms with E-state index in [2.05, 4.69) is 15.2 Å². The van der Waals surface area contributed by atoms with Crippen LogP contribution in [0.1, 0.15) is 43.5 Å². The van der Waals surface area contributed by atoms with Crippen molar-refractivity contribution in [1.29, 1.82) is 0 Å². The molecular formula is C24H28Cl2N4O3. The molecule has 2 saturated heterocycles. The minimum absolute atomic E-state index is 0.124. The largest absolute Gasteiger partial charge is 0.372 e. The van der Waals surface area contributed by atoms with Crippen molar-refractivity contribution in [2.45, 2.75) is 51.4 Å². The molecule has 176 valence electrons. The highest BCUT2D eigenvalue weighted by Crippen LogP contribution is 2.27. The number of pyridine rings is 1. The number of hydrogen-bond donors (Lipinski definition) is 1. The van der Waals surface area contributed by atoms with Gasteiger partial charge >= 0.3 is 0 Å². The summed E-state index contributed by atoms with van der Waals surface area (Å²) in [4.78, 5) is 34.7. The van der Waals surface area contributed by atoms with Crippen molar-refractivity contribution in [3.63, 3.8) is 0 Å². The number of nitrogens with zero attached hydrogens (tertiary/aromatic N) is 3. The lowest BCUT2D eigenvalue weighted by molar-refractivity contribution is -0.121. The minimum Gasteiger partial charge on any atom is -0.372 e. The number of ether oxygens (including phenoxy) is 1. The van der Waals surface area contributed by atoms with Gasteiger partial charge in [-0.05, 0) is 63.4 Å². The zero-order chi connectivity index (χ0) is 23.5. The highest BCUT2D eigenvalue weighted by molar-refractivity contribution is 6.36. The van der Waals surface area contributed by atoms with Gasteiger partial charge in [0.05, 0.1) is 28.5 Å². The molecule has 0 bridgehead atoms. The van der Waals surface area contributed by atoms with Gasteiger partial charge in [-0.2, -0.15) is 0 Å². The fourth-order valence-electron chi connectivity index (χ4n) is 4.48. The van der Waals surface area contributed by atoms with Crippen molar-refractivity contribution >= 4 is 46.5 Å². The Bertz CT molecular complexity index is 1010. The van der Waals surface area contributed by atoms with Gasteiger partial charge in [-0.25, -0.2) is 4.98 Å². The van der Waals surface area contributed by atoms with Gasteiger partial charge in [0, 0.05) is 30.9 Å². The molecule has 9 heteroatoms. The molecule has 1 aromatic heterocycles. The van der Waals surface area contributed by atoms with Gasteiger partial charge in [-0.1, -0.05) is 23.2 Å². The monoisotopic (exact) mass is 490 g/mol. The molecule has 3 atom stereocenters. The third kappa shape index (κ3) is 5.60. The van der Waals surface area contributed by atoms with Crippen molar-refractivity contribution < 1.29 is 14.3 Å². The summed E-state index contributed by atoms with van der Waals surface area (Å²) in [7, 11) is 0. The number of hydrogen-bond acceptors (Lipinski definition) is 5. The molecule has 33 heavy (non-hydrogen) atoms. The van der Waals surface area contributed by atoms with E-state index in [-0.39, 0.29) is 24.0 Å². The Morgan fingerprint density at radius 2 is 1.85 bits per heavy atom. The number of amides is 2. The number of piperidine rings is 1. The maximum absolute atomic E-state index is 13.3.